The van der Waals surface area contributed by atoms with Crippen LogP contribution < -0.4 is 15.2 Å². The van der Waals surface area contributed by atoms with E-state index in [1.807, 2.05) is 6.92 Å². The summed E-state index contributed by atoms with van der Waals surface area (Å²) in [5, 5.41) is 13.8. The zero-order valence-corrected chi connectivity index (χ0v) is 16.4. The second kappa shape index (κ2) is 8.79. The van der Waals surface area contributed by atoms with Gasteiger partial charge in [-0.25, -0.2) is 4.79 Å². The molecule has 150 valence electrons. The van der Waals surface area contributed by atoms with Crippen molar-refractivity contribution in [2.45, 2.75) is 20.0 Å². The number of carboxylic acids is 1. The topological polar surface area (TPSA) is 98.8 Å². The Morgan fingerprint density at radius 1 is 1.24 bits per heavy atom. The van der Waals surface area contributed by atoms with Gasteiger partial charge < -0.3 is 20.0 Å². The maximum Gasteiger partial charge on any atom is 0.329 e. The number of carbonyl (C=O) groups is 3. The van der Waals surface area contributed by atoms with E-state index in [-0.39, 0.29) is 23.8 Å². The molecule has 0 aromatic heterocycles. The third kappa shape index (κ3) is 4.75. The van der Waals surface area contributed by atoms with Crippen LogP contribution in [0, 0.1) is 0 Å². The molecule has 1 aliphatic heterocycles. The number of carboxylic acid groups (broad SMARTS) is 1. The Bertz CT molecular complexity index is 1000. The van der Waals surface area contributed by atoms with Gasteiger partial charge in [-0.1, -0.05) is 42.8 Å². The van der Waals surface area contributed by atoms with E-state index >= 15 is 0 Å². The Labute approximate surface area is 172 Å². The number of aromatic carboxylic acids is 1. The number of nitrogens with one attached hydrogen (secondary N) is 1. The van der Waals surface area contributed by atoms with Crippen molar-refractivity contribution in [2.75, 3.05) is 6.54 Å². The van der Waals surface area contributed by atoms with E-state index < -0.39 is 12.0 Å². The maximum atomic E-state index is 12.3. The summed E-state index contributed by atoms with van der Waals surface area (Å²) in [5.41, 5.74) is 1.54. The van der Waals surface area contributed by atoms with Crippen LogP contribution in [0.15, 0.2) is 48.2 Å². The molecule has 1 N–H and O–H groups in total. The Morgan fingerprint density at radius 2 is 2.03 bits per heavy atom. The zero-order valence-electron chi connectivity index (χ0n) is 15.6. The maximum absolute atomic E-state index is 12.3. The standard InChI is InChI=1S/C21H19ClN2O5/c1-2-8-24-19(25)17(23-21(24)28)11-13-6-7-18(16(22)10-13)29-12-14-4-3-5-15(9-14)20(26)27/h3-7,9-11H,2,8,12H2,1H3,(H,23,28)(H,26,27)/p-1/b17-11+. The van der Waals surface area contributed by atoms with Gasteiger partial charge in [0.05, 0.1) is 11.0 Å². The molecule has 1 fully saturated rings. The highest BCUT2D eigenvalue weighted by atomic mass is 35.5. The molecule has 0 saturated carbocycles. The van der Waals surface area contributed by atoms with E-state index in [0.717, 1.165) is 4.90 Å². The predicted molar refractivity (Wildman–Crippen MR) is 105 cm³/mol. The average Bonchev–Trinajstić information content (AvgIpc) is 2.95. The third-order valence-corrected chi connectivity index (χ3v) is 4.53. The van der Waals surface area contributed by atoms with E-state index in [4.69, 9.17) is 16.3 Å². The SMILES string of the molecule is CCCN1C(=O)N/C(=C/c2ccc(OCc3cccc(C(=O)[O-])c3)c(Cl)c2)C1=O. The van der Waals surface area contributed by atoms with Gasteiger partial charge in [0.2, 0.25) is 0 Å². The van der Waals surface area contributed by atoms with Crippen LogP contribution >= 0.6 is 11.6 Å². The number of nitrogens with zero attached hydrogens (tertiary/aromatic N) is 1. The van der Waals surface area contributed by atoms with Crippen LogP contribution in [0.1, 0.15) is 34.8 Å². The molecule has 0 spiro atoms. The van der Waals surface area contributed by atoms with Crippen molar-refractivity contribution < 1.29 is 24.2 Å². The van der Waals surface area contributed by atoms with Crippen LogP contribution in [0.4, 0.5) is 4.79 Å². The number of imide groups is 1. The van der Waals surface area contributed by atoms with Gasteiger partial charge in [-0.15, -0.1) is 0 Å². The molecule has 0 bridgehead atoms. The van der Waals surface area contributed by atoms with Crippen molar-refractivity contribution in [1.29, 1.82) is 0 Å². The van der Waals surface area contributed by atoms with Crippen LogP contribution in [-0.2, 0) is 11.4 Å². The Morgan fingerprint density at radius 3 is 2.72 bits per heavy atom. The first-order valence-electron chi connectivity index (χ1n) is 8.96. The number of benzene rings is 2. The van der Waals surface area contributed by atoms with Gasteiger partial charge >= 0.3 is 6.03 Å². The summed E-state index contributed by atoms with van der Waals surface area (Å²) >= 11 is 6.27. The molecule has 0 radical (unpaired) electrons. The Balaban J connectivity index is 1.71. The summed E-state index contributed by atoms with van der Waals surface area (Å²) in [4.78, 5) is 36.2. The van der Waals surface area contributed by atoms with Crippen LogP contribution in [0.25, 0.3) is 6.08 Å². The normalized spacial score (nSPS) is 15.0. The number of rotatable bonds is 7. The molecule has 1 heterocycles. The Hall–Kier alpha value is -3.32. The van der Waals surface area contributed by atoms with Gasteiger partial charge in [-0.05, 0) is 47.4 Å². The summed E-state index contributed by atoms with van der Waals surface area (Å²) in [6.45, 7) is 2.37. The molecule has 8 heteroatoms. The second-order valence-corrected chi connectivity index (χ2v) is 6.82. The van der Waals surface area contributed by atoms with Gasteiger partial charge in [-0.3, -0.25) is 9.69 Å². The molecule has 7 nitrogen and oxygen atoms in total. The summed E-state index contributed by atoms with van der Waals surface area (Å²) in [7, 11) is 0. The van der Waals surface area contributed by atoms with Gasteiger partial charge in [0.15, 0.2) is 0 Å². The Kier molecular flexibility index (Phi) is 6.19. The lowest BCUT2D eigenvalue weighted by Gasteiger charge is -2.10. The van der Waals surface area contributed by atoms with Crippen LogP contribution in [-0.4, -0.2) is 29.4 Å². The van der Waals surface area contributed by atoms with E-state index in [0.29, 0.717) is 34.9 Å². The molecule has 0 aliphatic carbocycles. The summed E-state index contributed by atoms with van der Waals surface area (Å²) in [6, 6.07) is 10.8. The first kappa shape index (κ1) is 20.4. The smallest absolute Gasteiger partial charge is 0.329 e. The van der Waals surface area contributed by atoms with Crippen molar-refractivity contribution in [3.8, 4) is 5.75 Å². The summed E-state index contributed by atoms with van der Waals surface area (Å²) in [5.74, 6) is -1.23. The van der Waals surface area contributed by atoms with Crippen molar-refractivity contribution in [3.63, 3.8) is 0 Å². The first-order valence-corrected chi connectivity index (χ1v) is 9.34. The number of amides is 3. The highest BCUT2D eigenvalue weighted by Crippen LogP contribution is 2.27. The quantitative estimate of drug-likeness (QED) is 0.555. The van der Waals surface area contributed by atoms with Crippen molar-refractivity contribution in [2.24, 2.45) is 0 Å². The lowest BCUT2D eigenvalue weighted by molar-refractivity contribution is -0.255. The van der Waals surface area contributed by atoms with E-state index in [1.54, 1.807) is 36.4 Å². The number of halogens is 1. The molecule has 3 amide bonds. The number of urea groups is 1. The monoisotopic (exact) mass is 413 g/mol. The molecule has 2 aromatic carbocycles. The molecule has 2 aromatic rings. The predicted octanol–water partition coefficient (Wildman–Crippen LogP) is 2.59. The summed E-state index contributed by atoms with van der Waals surface area (Å²) in [6.07, 6.45) is 2.23. The minimum Gasteiger partial charge on any atom is -0.545 e. The van der Waals surface area contributed by atoms with E-state index in [2.05, 4.69) is 5.32 Å². The molecule has 1 saturated heterocycles. The number of carbonyl (C=O) groups excluding carboxylic acids is 3. The van der Waals surface area contributed by atoms with Crippen molar-refractivity contribution in [3.05, 3.63) is 69.9 Å². The molecular weight excluding hydrogens is 396 g/mol. The second-order valence-electron chi connectivity index (χ2n) is 6.41. The summed E-state index contributed by atoms with van der Waals surface area (Å²) < 4.78 is 5.66. The molecular formula is C21H18ClN2O5-. The number of hydrogen-bond acceptors (Lipinski definition) is 5. The van der Waals surface area contributed by atoms with Gasteiger partial charge in [0.1, 0.15) is 18.1 Å². The fourth-order valence-corrected chi connectivity index (χ4v) is 3.08. The first-order chi connectivity index (χ1) is 13.9. The molecule has 0 atom stereocenters. The van der Waals surface area contributed by atoms with Gasteiger partial charge in [-0.2, -0.15) is 0 Å². The van der Waals surface area contributed by atoms with Gasteiger partial charge in [0.25, 0.3) is 5.91 Å². The number of ether oxygens (including phenoxy) is 1. The average molecular weight is 414 g/mol. The molecule has 0 unspecified atom stereocenters. The molecule has 1 aliphatic rings. The zero-order chi connectivity index (χ0) is 21.0. The van der Waals surface area contributed by atoms with Crippen molar-refractivity contribution in [1.82, 2.24) is 10.2 Å². The van der Waals surface area contributed by atoms with E-state index in [1.165, 1.54) is 12.1 Å². The van der Waals surface area contributed by atoms with Crippen LogP contribution in [0.2, 0.25) is 5.02 Å². The van der Waals surface area contributed by atoms with Crippen LogP contribution in [0.3, 0.4) is 0 Å². The largest absolute Gasteiger partial charge is 0.545 e. The van der Waals surface area contributed by atoms with Crippen LogP contribution in [0.5, 0.6) is 5.75 Å². The highest BCUT2D eigenvalue weighted by Gasteiger charge is 2.32. The molecule has 29 heavy (non-hydrogen) atoms. The lowest BCUT2D eigenvalue weighted by Crippen LogP contribution is -2.31. The minimum atomic E-state index is -1.26. The fourth-order valence-electron chi connectivity index (χ4n) is 2.84. The lowest BCUT2D eigenvalue weighted by atomic mass is 10.1. The number of hydrogen-bond donors (Lipinski definition) is 1. The molecule has 3 rings (SSSR count). The van der Waals surface area contributed by atoms with E-state index in [9.17, 15) is 19.5 Å². The minimum absolute atomic E-state index is 0.0690. The highest BCUT2D eigenvalue weighted by molar-refractivity contribution is 6.32. The fraction of sp³-hybridized carbons (Fsp3) is 0.190. The van der Waals surface area contributed by atoms with Crippen molar-refractivity contribution >= 4 is 35.6 Å². The van der Waals surface area contributed by atoms with Gasteiger partial charge in [0, 0.05) is 6.54 Å². The third-order valence-electron chi connectivity index (χ3n) is 4.23.